The molecule has 0 spiro atoms. The van der Waals surface area contributed by atoms with E-state index in [2.05, 4.69) is 15.0 Å². The lowest BCUT2D eigenvalue weighted by atomic mass is 9.90. The fraction of sp³-hybridized carbons (Fsp3) is 0.0448. The number of phenols is 1. The molecule has 0 radical (unpaired) electrons. The van der Waals surface area contributed by atoms with Crippen LogP contribution >= 0.6 is 137 Å². The largest absolute Gasteiger partial charge is 0.506 e. The Bertz CT molecular complexity index is 5250. The van der Waals surface area contributed by atoms with Gasteiger partial charge in [0.1, 0.15) is 9.32 Å². The lowest BCUT2D eigenvalue weighted by Crippen LogP contribution is -2.13. The number of halogens is 17. The number of aliphatic hydroxyl groups is 1. The molecule has 0 unspecified atom stereocenters. The first-order chi connectivity index (χ1) is 44.0. The number of rotatable bonds is 7. The van der Waals surface area contributed by atoms with Gasteiger partial charge < -0.3 is 24.6 Å². The molecule has 4 aliphatic rings. The third kappa shape index (κ3) is 11.9. The first-order valence-corrected chi connectivity index (χ1v) is 32.8. The van der Waals surface area contributed by atoms with Crippen molar-refractivity contribution in [2.45, 2.75) is 18.5 Å². The van der Waals surface area contributed by atoms with Crippen LogP contribution in [0.1, 0.15) is 45.0 Å². The molecule has 0 fully saturated rings. The van der Waals surface area contributed by atoms with Gasteiger partial charge in [-0.05, 0) is 222 Å². The molecule has 13 rings (SSSR count). The van der Waals surface area contributed by atoms with Gasteiger partial charge in [0, 0.05) is 66.4 Å². The average Bonchev–Trinajstić information content (AvgIpc) is 1.27. The number of benzene rings is 7. The fourth-order valence-electron chi connectivity index (χ4n) is 11.1. The molecule has 9 nitrogen and oxygen atoms in total. The molecule has 1 aliphatic carbocycles. The molecule has 466 valence electrons. The molecule has 0 atom stereocenters. The second-order valence-corrected chi connectivity index (χ2v) is 27.0. The number of nitrogens with one attached hydrogen (secondary N) is 2. The zero-order valence-corrected chi connectivity index (χ0v) is 57.6. The van der Waals surface area contributed by atoms with Crippen LogP contribution in [0, 0.1) is 14.3 Å². The van der Waals surface area contributed by atoms with Gasteiger partial charge in [-0.1, -0.05) is 94.9 Å². The second-order valence-electron chi connectivity index (χ2n) is 21.0. The number of aliphatic imine (C=N–C) groups is 1. The Morgan fingerprint density at radius 2 is 0.849 bits per heavy atom. The number of fused-ring (bicyclic) bond motifs is 10. The lowest BCUT2D eigenvalue weighted by molar-refractivity contribution is -0.138. The van der Waals surface area contributed by atoms with E-state index >= 15 is 0 Å². The summed E-state index contributed by atoms with van der Waals surface area (Å²) in [6, 6.07) is 29.7. The molecule has 6 aromatic carbocycles. The first kappa shape index (κ1) is 65.0. The van der Waals surface area contributed by atoms with Gasteiger partial charge in [0.25, 0.3) is 0 Å². The van der Waals surface area contributed by atoms with Crippen LogP contribution in [0.3, 0.4) is 0 Å². The summed E-state index contributed by atoms with van der Waals surface area (Å²) in [5, 5.41) is 23.1. The van der Waals surface area contributed by atoms with E-state index in [1.165, 1.54) is 36.4 Å². The van der Waals surface area contributed by atoms with Gasteiger partial charge in [0.15, 0.2) is 11.3 Å². The van der Waals surface area contributed by atoms with E-state index in [0.29, 0.717) is 93.9 Å². The number of nitrogens with zero attached hydrogens (tertiary/aromatic N) is 3. The van der Waals surface area contributed by atoms with E-state index in [-0.39, 0.29) is 85.6 Å². The van der Waals surface area contributed by atoms with Gasteiger partial charge >= 0.3 is 18.5 Å². The zero-order chi connectivity index (χ0) is 66.1. The normalized spacial score (nSPS) is 12.9. The van der Waals surface area contributed by atoms with E-state index in [1.54, 1.807) is 85.0 Å². The Kier molecular flexibility index (Phi) is 17.1. The quantitative estimate of drug-likeness (QED) is 0.0238. The minimum atomic E-state index is -4.68. The third-order valence-corrected chi connectivity index (χ3v) is 20.8. The summed E-state index contributed by atoms with van der Waals surface area (Å²) in [5.41, 5.74) is 2.98. The van der Waals surface area contributed by atoms with E-state index < -0.39 is 41.1 Å². The summed E-state index contributed by atoms with van der Waals surface area (Å²) < 4.78 is 134. The highest BCUT2D eigenvalue weighted by Crippen LogP contribution is 2.53. The van der Waals surface area contributed by atoms with Crippen molar-refractivity contribution < 1.29 is 54.1 Å². The minimum absolute atomic E-state index is 0.0472. The Morgan fingerprint density at radius 1 is 0.473 bits per heavy atom. The SMILES string of the molecule is O=c1c(I)cc2c(-c3c(Cl)c(Cl)c(Cl)c(Cl)c3C(O)=Nc3ccc(-c4c5nc(c(-c6ccc(C(F)(F)F)cc6)c6ccc([nH]6)c(-c6ccc(C(F)(F)F)cc6)c6nc(c(-c7ccc(C(F)(F)F)cc7)c7ccc4[nH]7)C=C6)C=C5)cc3)c3cc(I)c(O)c(I)c3oc-2c1I. The van der Waals surface area contributed by atoms with E-state index in [1.807, 2.05) is 90.4 Å². The van der Waals surface area contributed by atoms with Crippen LogP contribution in [-0.2, 0) is 18.5 Å². The van der Waals surface area contributed by atoms with Crippen LogP contribution in [0.25, 0.3) is 124 Å². The van der Waals surface area contributed by atoms with Crippen molar-refractivity contribution in [3.63, 3.8) is 0 Å². The van der Waals surface area contributed by atoms with Crippen LogP contribution < -0.4 is 5.43 Å². The van der Waals surface area contributed by atoms with Gasteiger partial charge in [0.2, 0.25) is 11.3 Å². The number of alkyl halides is 9. The van der Waals surface area contributed by atoms with Crippen molar-refractivity contribution in [1.82, 2.24) is 19.9 Å². The standard InChI is InChI=1S/C67H30Cl4F9I4N5O4/c68-54-52(51-35-25-37(81)60(90)58(83)62(35)93-63-36(51)26-38(82)61(91)59(63)84)53(55(69)57(71)56(54)70)64(92)85-34-15-7-30(8-16-34)50-45-23-21-43(88-45)48(28-3-11-32(12-4-28)66(75,76)77)41-19-17-39(86-41)47(27-1-9-31(10-2-27)65(72,73)74)40-18-20-42(87-40)49(44-22-24-46(50)89-44)29-5-13-33(14-6-29)67(78,79)80/h1-26,86,89-90H,(H,85,92). The molecule has 3 aliphatic heterocycles. The number of hydrogen-bond donors (Lipinski definition) is 4. The number of hydrogen-bond acceptors (Lipinski definition) is 6. The number of aromatic amines is 2. The maximum atomic E-state index is 14.1. The maximum absolute atomic E-state index is 14.1. The molecule has 0 amide bonds. The Labute approximate surface area is 593 Å². The molecule has 0 saturated carbocycles. The number of aliphatic hydroxyl groups excluding tert-OH is 1. The molecule has 93 heavy (non-hydrogen) atoms. The van der Waals surface area contributed by atoms with Crippen molar-refractivity contribution in [3.05, 3.63) is 223 Å². The van der Waals surface area contributed by atoms with Crippen molar-refractivity contribution in [2.24, 2.45) is 4.99 Å². The Balaban J connectivity index is 1.05. The minimum Gasteiger partial charge on any atom is -0.506 e. The Hall–Kier alpha value is -6.67. The molecular weight excluding hydrogens is 1760 g/mol. The molecule has 0 saturated heterocycles. The van der Waals surface area contributed by atoms with Gasteiger partial charge in [-0.3, -0.25) is 4.79 Å². The van der Waals surface area contributed by atoms with Crippen molar-refractivity contribution in [2.75, 3.05) is 0 Å². The van der Waals surface area contributed by atoms with Gasteiger partial charge in [0.05, 0.1) is 81.5 Å². The lowest BCUT2D eigenvalue weighted by Gasteiger charge is -2.22. The predicted octanol–water partition coefficient (Wildman–Crippen LogP) is 23.6. The molecule has 4 N–H and O–H groups in total. The number of aromatic nitrogens is 4. The average molecular weight is 1790 g/mol. The van der Waals surface area contributed by atoms with Crippen molar-refractivity contribution in [1.29, 1.82) is 0 Å². The highest BCUT2D eigenvalue weighted by molar-refractivity contribution is 14.1. The highest BCUT2D eigenvalue weighted by Gasteiger charge is 2.35. The summed E-state index contributed by atoms with van der Waals surface area (Å²) >= 11 is 35.6. The monoisotopic (exact) mass is 1790 g/mol. The van der Waals surface area contributed by atoms with Crippen LogP contribution in [0.4, 0.5) is 45.2 Å². The molecule has 8 bridgehead atoms. The predicted molar refractivity (Wildman–Crippen MR) is 382 cm³/mol. The van der Waals surface area contributed by atoms with Crippen LogP contribution in [0.5, 0.6) is 5.75 Å². The van der Waals surface area contributed by atoms with E-state index in [4.69, 9.17) is 60.8 Å². The Morgan fingerprint density at radius 3 is 1.24 bits per heavy atom. The summed E-state index contributed by atoms with van der Waals surface area (Å²) in [4.78, 5) is 35.1. The van der Waals surface area contributed by atoms with Crippen molar-refractivity contribution >= 4 is 206 Å². The topological polar surface area (TPSA) is 140 Å². The smallest absolute Gasteiger partial charge is 0.416 e. The fourth-order valence-corrected chi connectivity index (χ4v) is 15.7. The second kappa shape index (κ2) is 24.5. The zero-order valence-electron chi connectivity index (χ0n) is 46.0. The number of H-pyrrole nitrogens is 2. The van der Waals surface area contributed by atoms with E-state index in [9.17, 15) is 54.5 Å². The molecule has 9 aromatic rings. The molecule has 26 heteroatoms. The van der Waals surface area contributed by atoms with Crippen LogP contribution in [0.2, 0.25) is 20.1 Å². The third-order valence-electron chi connectivity index (χ3n) is 15.4. The van der Waals surface area contributed by atoms with Gasteiger partial charge in [-0.15, -0.1) is 0 Å². The van der Waals surface area contributed by atoms with Crippen LogP contribution in [0.15, 0.2) is 148 Å². The van der Waals surface area contributed by atoms with Gasteiger partial charge in [-0.25, -0.2) is 15.0 Å². The molecular formula is C67H30Cl4F9I4N5O4. The molecule has 6 heterocycles. The number of aromatic hydroxyl groups is 1. The summed E-state index contributed by atoms with van der Waals surface area (Å²) in [6.45, 7) is 0. The maximum Gasteiger partial charge on any atom is 0.416 e. The first-order valence-electron chi connectivity index (χ1n) is 26.9. The summed E-state index contributed by atoms with van der Waals surface area (Å²) in [6.07, 6.45) is -7.46. The highest BCUT2D eigenvalue weighted by atomic mass is 127. The van der Waals surface area contributed by atoms with Gasteiger partial charge in [-0.2, -0.15) is 39.5 Å². The number of phenolic OH excluding ortho intramolecular Hbond substituents is 1. The summed E-state index contributed by atoms with van der Waals surface area (Å²) in [5.74, 6) is -0.656. The van der Waals surface area contributed by atoms with E-state index in [0.717, 1.165) is 36.4 Å². The summed E-state index contributed by atoms with van der Waals surface area (Å²) in [7, 11) is 0. The van der Waals surface area contributed by atoms with Crippen molar-refractivity contribution in [3.8, 4) is 72.7 Å². The molecule has 3 aromatic heterocycles. The van der Waals surface area contributed by atoms with Crippen LogP contribution in [-0.4, -0.2) is 36.0 Å².